The van der Waals surface area contributed by atoms with Crippen molar-refractivity contribution in [3.05, 3.63) is 24.3 Å². The molecule has 0 saturated carbocycles. The van der Waals surface area contributed by atoms with Gasteiger partial charge in [0.05, 0.1) is 23.6 Å². The van der Waals surface area contributed by atoms with Gasteiger partial charge in [0.15, 0.2) is 0 Å². The average molecular weight is 342 g/mol. The number of hydrogen-bond donors (Lipinski definition) is 1. The normalized spacial score (nSPS) is 15.6. The van der Waals surface area contributed by atoms with Gasteiger partial charge in [0.2, 0.25) is 10.0 Å². The van der Waals surface area contributed by atoms with Gasteiger partial charge in [-0.3, -0.25) is 4.90 Å². The molecule has 1 N–H and O–H groups in total. The fourth-order valence-electron chi connectivity index (χ4n) is 2.28. The minimum Gasteiger partial charge on any atom is -0.494 e. The number of hydrogen-bond acceptors (Lipinski definition) is 5. The van der Waals surface area contributed by atoms with E-state index in [1.165, 1.54) is 17.0 Å². The molecular formula is C15H22N2O5S. The predicted octanol–water partition coefficient (Wildman–Crippen LogP) is 1.59. The second kappa shape index (κ2) is 6.76. The highest BCUT2D eigenvalue weighted by atomic mass is 32.2. The Bertz CT molecular complexity index is 655. The van der Waals surface area contributed by atoms with Crippen LogP contribution in [-0.2, 0) is 14.8 Å². The third kappa shape index (κ3) is 4.14. The molecule has 23 heavy (non-hydrogen) atoms. The van der Waals surface area contributed by atoms with Gasteiger partial charge in [0.25, 0.3) is 0 Å². The minimum absolute atomic E-state index is 0.0949. The SMILES string of the molecule is CCOc1ccc(S(=O)(=O)NCC(C)(C)N2CCOC2=O)cc1. The Hall–Kier alpha value is -1.80. The van der Waals surface area contributed by atoms with Crippen LogP contribution >= 0.6 is 0 Å². The van der Waals surface area contributed by atoms with E-state index in [9.17, 15) is 13.2 Å². The van der Waals surface area contributed by atoms with Gasteiger partial charge in [0.1, 0.15) is 12.4 Å². The van der Waals surface area contributed by atoms with Crippen molar-refractivity contribution >= 4 is 16.1 Å². The number of nitrogens with one attached hydrogen (secondary N) is 1. The number of rotatable bonds is 7. The van der Waals surface area contributed by atoms with E-state index in [-0.39, 0.29) is 11.4 Å². The zero-order valence-electron chi connectivity index (χ0n) is 13.5. The van der Waals surface area contributed by atoms with Crippen LogP contribution in [0, 0.1) is 0 Å². The monoisotopic (exact) mass is 342 g/mol. The van der Waals surface area contributed by atoms with E-state index in [0.717, 1.165) is 0 Å². The fourth-order valence-corrected chi connectivity index (χ4v) is 3.48. The standard InChI is InChI=1S/C15H22N2O5S/c1-4-21-12-5-7-13(8-6-12)23(19,20)16-11-15(2,3)17-9-10-22-14(17)18/h5-8,16H,4,9-11H2,1-3H3. The molecule has 1 saturated heterocycles. The van der Waals surface area contributed by atoms with Gasteiger partial charge in [-0.1, -0.05) is 0 Å². The molecule has 7 nitrogen and oxygen atoms in total. The van der Waals surface area contributed by atoms with Crippen molar-refractivity contribution < 1.29 is 22.7 Å². The molecule has 0 aliphatic carbocycles. The van der Waals surface area contributed by atoms with Crippen molar-refractivity contribution in [2.75, 3.05) is 26.3 Å². The smallest absolute Gasteiger partial charge is 0.410 e. The van der Waals surface area contributed by atoms with Crippen molar-refractivity contribution in [2.24, 2.45) is 0 Å². The average Bonchev–Trinajstić information content (AvgIpc) is 2.94. The van der Waals surface area contributed by atoms with Crippen molar-refractivity contribution in [1.82, 2.24) is 9.62 Å². The molecule has 1 fully saturated rings. The zero-order chi connectivity index (χ0) is 17.1. The second-order valence-electron chi connectivity index (χ2n) is 5.81. The quantitative estimate of drug-likeness (QED) is 0.813. The van der Waals surface area contributed by atoms with Crippen LogP contribution in [-0.4, -0.2) is 51.3 Å². The second-order valence-corrected chi connectivity index (χ2v) is 7.57. The number of nitrogens with zero attached hydrogens (tertiary/aromatic N) is 1. The summed E-state index contributed by atoms with van der Waals surface area (Å²) in [4.78, 5) is 13.3. The fraction of sp³-hybridized carbons (Fsp3) is 0.533. The Morgan fingerprint density at radius 2 is 1.96 bits per heavy atom. The highest BCUT2D eigenvalue weighted by Gasteiger charge is 2.36. The molecule has 128 valence electrons. The van der Waals surface area contributed by atoms with Crippen molar-refractivity contribution in [1.29, 1.82) is 0 Å². The lowest BCUT2D eigenvalue weighted by molar-refractivity contribution is 0.127. The molecule has 8 heteroatoms. The molecule has 1 aliphatic rings. The van der Waals surface area contributed by atoms with Crippen LogP contribution in [0.15, 0.2) is 29.2 Å². The molecule has 1 aromatic rings. The summed E-state index contributed by atoms with van der Waals surface area (Å²) in [5.74, 6) is 0.617. The van der Waals surface area contributed by atoms with Gasteiger partial charge in [-0.15, -0.1) is 0 Å². The van der Waals surface area contributed by atoms with Crippen LogP contribution in [0.2, 0.25) is 0 Å². The van der Waals surface area contributed by atoms with Gasteiger partial charge >= 0.3 is 6.09 Å². The molecule has 1 heterocycles. The number of amides is 1. The lowest BCUT2D eigenvalue weighted by atomic mass is 10.0. The highest BCUT2D eigenvalue weighted by molar-refractivity contribution is 7.89. The number of benzene rings is 1. The van der Waals surface area contributed by atoms with Crippen LogP contribution in [0.1, 0.15) is 20.8 Å². The van der Waals surface area contributed by atoms with E-state index in [4.69, 9.17) is 9.47 Å². The minimum atomic E-state index is -3.66. The van der Waals surface area contributed by atoms with E-state index < -0.39 is 21.7 Å². The lowest BCUT2D eigenvalue weighted by Crippen LogP contribution is -2.52. The maximum absolute atomic E-state index is 12.4. The van der Waals surface area contributed by atoms with Gasteiger partial charge in [-0.2, -0.15) is 0 Å². The van der Waals surface area contributed by atoms with E-state index in [0.29, 0.717) is 25.5 Å². The first-order valence-corrected chi connectivity index (χ1v) is 8.91. The summed E-state index contributed by atoms with van der Waals surface area (Å²) < 4.78 is 37.5. The lowest BCUT2D eigenvalue weighted by Gasteiger charge is -2.33. The van der Waals surface area contributed by atoms with Crippen LogP contribution in [0.4, 0.5) is 4.79 Å². The molecule has 2 rings (SSSR count). The third-order valence-electron chi connectivity index (χ3n) is 3.63. The molecule has 0 bridgehead atoms. The Kier molecular flexibility index (Phi) is 5.16. The first kappa shape index (κ1) is 17.6. The first-order chi connectivity index (χ1) is 10.8. The number of carbonyl (C=O) groups is 1. The molecule has 0 radical (unpaired) electrons. The Morgan fingerprint density at radius 3 is 2.48 bits per heavy atom. The summed E-state index contributed by atoms with van der Waals surface area (Å²) in [7, 11) is -3.66. The van der Waals surface area contributed by atoms with E-state index in [2.05, 4.69) is 4.72 Å². The first-order valence-electron chi connectivity index (χ1n) is 7.43. The van der Waals surface area contributed by atoms with E-state index in [1.54, 1.807) is 26.0 Å². The van der Waals surface area contributed by atoms with E-state index >= 15 is 0 Å². The number of sulfonamides is 1. The molecule has 0 unspecified atom stereocenters. The molecule has 0 aromatic heterocycles. The highest BCUT2D eigenvalue weighted by Crippen LogP contribution is 2.20. The van der Waals surface area contributed by atoms with Gasteiger partial charge in [-0.05, 0) is 45.0 Å². The van der Waals surface area contributed by atoms with Crippen molar-refractivity contribution in [3.63, 3.8) is 0 Å². The van der Waals surface area contributed by atoms with Crippen LogP contribution in [0.3, 0.4) is 0 Å². The summed E-state index contributed by atoms with van der Waals surface area (Å²) in [6.45, 7) is 6.84. The van der Waals surface area contributed by atoms with Crippen molar-refractivity contribution in [3.8, 4) is 5.75 Å². The zero-order valence-corrected chi connectivity index (χ0v) is 14.4. The number of ether oxygens (including phenoxy) is 2. The molecule has 1 aromatic carbocycles. The summed E-state index contributed by atoms with van der Waals surface area (Å²) in [5.41, 5.74) is -0.675. The van der Waals surface area contributed by atoms with E-state index in [1.807, 2.05) is 6.92 Å². The Labute approximate surface area is 136 Å². The summed E-state index contributed by atoms with van der Waals surface area (Å²) in [5, 5.41) is 0. The maximum Gasteiger partial charge on any atom is 0.410 e. The summed E-state index contributed by atoms with van der Waals surface area (Å²) in [6, 6.07) is 6.21. The number of carbonyl (C=O) groups excluding carboxylic acids is 1. The topological polar surface area (TPSA) is 84.9 Å². The molecular weight excluding hydrogens is 320 g/mol. The molecule has 1 amide bonds. The molecule has 1 aliphatic heterocycles. The van der Waals surface area contributed by atoms with Gasteiger partial charge in [0, 0.05) is 6.54 Å². The Balaban J connectivity index is 2.04. The summed E-state index contributed by atoms with van der Waals surface area (Å²) in [6.07, 6.45) is -0.421. The molecule has 0 atom stereocenters. The van der Waals surface area contributed by atoms with Gasteiger partial charge < -0.3 is 9.47 Å². The van der Waals surface area contributed by atoms with Crippen LogP contribution in [0.25, 0.3) is 0 Å². The van der Waals surface area contributed by atoms with Crippen molar-refractivity contribution in [2.45, 2.75) is 31.2 Å². The largest absolute Gasteiger partial charge is 0.494 e. The molecule has 0 spiro atoms. The summed E-state index contributed by atoms with van der Waals surface area (Å²) >= 11 is 0. The van der Waals surface area contributed by atoms with Crippen LogP contribution < -0.4 is 9.46 Å². The Morgan fingerprint density at radius 1 is 1.30 bits per heavy atom. The maximum atomic E-state index is 12.4. The number of cyclic esters (lactones) is 1. The van der Waals surface area contributed by atoms with Crippen LogP contribution in [0.5, 0.6) is 5.75 Å². The predicted molar refractivity (Wildman–Crippen MR) is 84.9 cm³/mol. The van der Waals surface area contributed by atoms with Gasteiger partial charge in [-0.25, -0.2) is 17.9 Å². The third-order valence-corrected chi connectivity index (χ3v) is 5.05.